The lowest BCUT2D eigenvalue weighted by molar-refractivity contribution is -0.145. The molecular weight excluding hydrogens is 1170 g/mol. The second kappa shape index (κ2) is 34.8. The van der Waals surface area contributed by atoms with Gasteiger partial charge in [0.05, 0.1) is 25.2 Å². The first kappa shape index (κ1) is 71.2. The van der Waals surface area contributed by atoms with E-state index in [0.29, 0.717) is 27.6 Å². The van der Waals surface area contributed by atoms with E-state index in [1.54, 1.807) is 74.6 Å². The van der Waals surface area contributed by atoms with Crippen molar-refractivity contribution in [1.82, 2.24) is 52.8 Å². The maximum atomic E-state index is 14.6. The highest BCUT2D eigenvalue weighted by Gasteiger charge is 2.37. The molecular formula is C58H80N12O15S2. The molecule has 0 aliphatic carbocycles. The largest absolute Gasteiger partial charge is 0.508 e. The van der Waals surface area contributed by atoms with Gasteiger partial charge in [-0.3, -0.25) is 47.9 Å². The summed E-state index contributed by atoms with van der Waals surface area (Å²) in [6.45, 7) is 7.26. The Morgan fingerprint density at radius 2 is 0.920 bits per heavy atom. The zero-order chi connectivity index (χ0) is 64.7. The summed E-state index contributed by atoms with van der Waals surface area (Å²) in [5.74, 6) is -12.3. The van der Waals surface area contributed by atoms with E-state index in [1.165, 1.54) is 24.3 Å². The molecule has 3 aromatic carbocycles. The van der Waals surface area contributed by atoms with Crippen molar-refractivity contribution in [2.24, 2.45) is 23.3 Å². The van der Waals surface area contributed by atoms with E-state index in [9.17, 15) is 73.2 Å². The summed E-state index contributed by atoms with van der Waals surface area (Å²) in [5.41, 5.74) is 13.6. The number of aromatic nitrogens is 1. The normalized spacial score (nSPS) is 15.1. The van der Waals surface area contributed by atoms with Crippen LogP contribution in [-0.4, -0.2) is 175 Å². The molecule has 0 aliphatic heterocycles. The van der Waals surface area contributed by atoms with E-state index in [4.69, 9.17) is 11.5 Å². The third kappa shape index (κ3) is 22.8. The van der Waals surface area contributed by atoms with E-state index >= 15 is 0 Å². The van der Waals surface area contributed by atoms with Gasteiger partial charge in [-0.2, -0.15) is 25.3 Å². The number of carboxylic acid groups (broad SMARTS) is 1. The minimum atomic E-state index is -1.79. The molecule has 0 bridgehead atoms. The monoisotopic (exact) mass is 1250 g/mol. The van der Waals surface area contributed by atoms with Crippen molar-refractivity contribution in [3.63, 3.8) is 0 Å². The number of primary amides is 1. The molecule has 0 fully saturated rings. The topological polar surface area (TPSA) is 445 Å². The van der Waals surface area contributed by atoms with E-state index in [-0.39, 0.29) is 55.4 Å². The van der Waals surface area contributed by atoms with Crippen LogP contribution in [0.4, 0.5) is 0 Å². The summed E-state index contributed by atoms with van der Waals surface area (Å²) in [6.07, 6.45) is -1.00. The minimum absolute atomic E-state index is 0.000704. The number of carbonyl (C=O) groups is 11. The van der Waals surface area contributed by atoms with Crippen LogP contribution in [0.15, 0.2) is 85.1 Å². The number of hydrogen-bond acceptors (Lipinski definition) is 17. The van der Waals surface area contributed by atoms with Gasteiger partial charge < -0.3 is 84.7 Å². The number of amides is 10. The van der Waals surface area contributed by atoms with Crippen LogP contribution in [0.2, 0.25) is 0 Å². The number of rotatable bonds is 35. The minimum Gasteiger partial charge on any atom is -0.508 e. The maximum Gasteiger partial charge on any atom is 0.328 e. The highest BCUT2D eigenvalue weighted by Crippen LogP contribution is 2.20. The number of nitrogens with one attached hydrogen (secondary N) is 10. The Labute approximate surface area is 513 Å². The van der Waals surface area contributed by atoms with Crippen LogP contribution in [0.5, 0.6) is 5.75 Å². The number of phenolic OH excluding ortho intramolecular Hbond substituents is 1. The lowest BCUT2D eigenvalue weighted by atomic mass is 9.99. The highest BCUT2D eigenvalue weighted by atomic mass is 32.1. The second-order valence-electron chi connectivity index (χ2n) is 21.8. The Hall–Kier alpha value is -8.25. The van der Waals surface area contributed by atoms with Gasteiger partial charge in [0.2, 0.25) is 59.1 Å². The summed E-state index contributed by atoms with van der Waals surface area (Å²) < 4.78 is 0. The number of aromatic hydroxyl groups is 1. The number of aliphatic carboxylic acids is 1. The predicted molar refractivity (Wildman–Crippen MR) is 326 cm³/mol. The molecule has 4 aromatic rings. The fourth-order valence-corrected chi connectivity index (χ4v) is 9.52. The standard InChI is InChI=1S/C58H80N12O15S2/c1-29(2)19-37(59)49(75)62-43(24-47(60)74)54(80)64-40(21-32-11-7-6-8-12-32)52(78)67-44(26-71)55(81)69-45(27-86)56(82)65-41(22-33-15-17-35(73)18-16-33)51(77)63-39(20-30(3)4)50(76)66-42(23-34-25-61-38-14-10-9-13-36(34)38)53(79)68-46(28-87)57(83)70-48(31(5)72)58(84)85/h6-18,25,29-31,37,39-46,48,61,71-73,86-87H,19-24,26-28,59H2,1-5H3,(H2,60,74)(H,62,75)(H,63,77)(H,64,80)(H,65,82)(H,66,76)(H,67,78)(H,68,79)(H,69,81)(H,70,83)(H,84,85)/t31-,37+,39+,40+,41+,42+,43+,44-,45+,46+,48+/m1/s1. The van der Waals surface area contributed by atoms with Crippen molar-refractivity contribution in [3.05, 3.63) is 102 Å². The second-order valence-corrected chi connectivity index (χ2v) is 22.5. The molecule has 0 saturated heterocycles. The molecule has 10 amide bonds. The molecule has 29 heteroatoms. The van der Waals surface area contributed by atoms with Gasteiger partial charge in [0.15, 0.2) is 6.04 Å². The maximum absolute atomic E-state index is 14.6. The number of para-hydroxylation sites is 1. The number of aliphatic hydroxyl groups excluding tert-OH is 2. The number of carbonyl (C=O) groups excluding carboxylic acids is 10. The third-order valence-corrected chi connectivity index (χ3v) is 14.3. The lowest BCUT2D eigenvalue weighted by Gasteiger charge is -2.28. The van der Waals surface area contributed by atoms with E-state index in [1.807, 2.05) is 13.8 Å². The fraction of sp³-hybridized carbons (Fsp3) is 0.466. The number of nitrogens with two attached hydrogens (primary N) is 2. The van der Waals surface area contributed by atoms with Gasteiger partial charge in [-0.1, -0.05) is 88.4 Å². The summed E-state index contributed by atoms with van der Waals surface area (Å²) in [4.78, 5) is 153. The number of aliphatic hydroxyl groups is 2. The van der Waals surface area contributed by atoms with E-state index < -0.39 is 150 Å². The quantitative estimate of drug-likeness (QED) is 0.0219. The smallest absolute Gasteiger partial charge is 0.328 e. The summed E-state index contributed by atoms with van der Waals surface area (Å²) in [7, 11) is 0. The molecule has 4 rings (SSSR count). The number of phenols is 1. The molecule has 0 unspecified atom stereocenters. The first-order chi connectivity index (χ1) is 41.1. The average Bonchev–Trinajstić information content (AvgIpc) is 2.63. The molecule has 0 saturated carbocycles. The Morgan fingerprint density at radius 1 is 0.506 bits per heavy atom. The van der Waals surface area contributed by atoms with Gasteiger partial charge >= 0.3 is 5.97 Å². The molecule has 0 aliphatic rings. The first-order valence-corrected chi connectivity index (χ1v) is 29.3. The van der Waals surface area contributed by atoms with Gasteiger partial charge in [-0.05, 0) is 66.5 Å². The lowest BCUT2D eigenvalue weighted by Crippen LogP contribution is -2.62. The Bertz CT molecular complexity index is 3020. The molecule has 11 atom stereocenters. The predicted octanol–water partition coefficient (Wildman–Crippen LogP) is -2.12. The zero-order valence-corrected chi connectivity index (χ0v) is 50.6. The van der Waals surface area contributed by atoms with E-state index in [0.717, 1.165) is 6.92 Å². The van der Waals surface area contributed by atoms with Crippen LogP contribution in [0, 0.1) is 11.8 Å². The van der Waals surface area contributed by atoms with E-state index in [2.05, 4.69) is 78.1 Å². The van der Waals surface area contributed by atoms with Crippen molar-refractivity contribution in [1.29, 1.82) is 0 Å². The number of thiol groups is 2. The molecule has 0 spiro atoms. The van der Waals surface area contributed by atoms with Gasteiger partial charge in [0, 0.05) is 47.9 Å². The average molecular weight is 1250 g/mol. The fourth-order valence-electron chi connectivity index (χ4n) is 9.00. The van der Waals surface area contributed by atoms with Gasteiger partial charge in [-0.25, -0.2) is 4.79 Å². The Morgan fingerprint density at radius 3 is 1.41 bits per heavy atom. The molecule has 87 heavy (non-hydrogen) atoms. The molecule has 0 radical (unpaired) electrons. The van der Waals surface area contributed by atoms with Crippen LogP contribution in [-0.2, 0) is 72.0 Å². The van der Waals surface area contributed by atoms with Crippen LogP contribution in [0.3, 0.4) is 0 Å². The van der Waals surface area contributed by atoms with Gasteiger partial charge in [0.1, 0.15) is 54.1 Å². The molecule has 1 aromatic heterocycles. The van der Waals surface area contributed by atoms with Crippen LogP contribution in [0.25, 0.3) is 10.9 Å². The molecule has 27 nitrogen and oxygen atoms in total. The number of aromatic amines is 1. The SMILES string of the molecule is CC(C)C[C@H](NC(=O)[C@H](Cc1ccc(O)cc1)NC(=O)[C@H](CS)NC(=O)[C@@H](CO)NC(=O)[C@H](Cc1ccccc1)NC(=O)[C@H](CC(N)=O)NC(=O)[C@@H](N)CC(C)C)C(=O)N[C@@H](Cc1c[nH]c2ccccc12)C(=O)N[C@@H](CS)C(=O)N[C@H](C(=O)O)[C@@H](C)O. The van der Waals surface area contributed by atoms with Crippen LogP contribution < -0.4 is 59.3 Å². The Kier molecular flexibility index (Phi) is 28.5. The summed E-state index contributed by atoms with van der Waals surface area (Å²) in [6, 6.07) is 5.89. The summed E-state index contributed by atoms with van der Waals surface area (Å²) >= 11 is 8.46. The zero-order valence-electron chi connectivity index (χ0n) is 48.8. The van der Waals surface area contributed by atoms with Crippen molar-refractivity contribution in [3.8, 4) is 5.75 Å². The van der Waals surface area contributed by atoms with Crippen molar-refractivity contribution < 1.29 is 73.2 Å². The number of hydrogen-bond donors (Lipinski definition) is 18. The third-order valence-electron chi connectivity index (χ3n) is 13.6. The number of benzene rings is 3. The molecule has 18 N–H and O–H groups in total. The van der Waals surface area contributed by atoms with Crippen LogP contribution in [0.1, 0.15) is 70.6 Å². The number of H-pyrrole nitrogens is 1. The molecule has 1 heterocycles. The van der Waals surface area contributed by atoms with Gasteiger partial charge in [-0.15, -0.1) is 0 Å². The Balaban J connectivity index is 1.59. The first-order valence-electron chi connectivity index (χ1n) is 28.0. The highest BCUT2D eigenvalue weighted by molar-refractivity contribution is 7.80. The summed E-state index contributed by atoms with van der Waals surface area (Å²) in [5, 5.41) is 63.1. The molecule has 474 valence electrons. The number of fused-ring (bicyclic) bond motifs is 1. The van der Waals surface area contributed by atoms with Gasteiger partial charge in [0.25, 0.3) is 0 Å². The van der Waals surface area contributed by atoms with Crippen LogP contribution >= 0.6 is 25.3 Å². The van der Waals surface area contributed by atoms with Crippen molar-refractivity contribution in [2.75, 3.05) is 18.1 Å². The van der Waals surface area contributed by atoms with Crippen molar-refractivity contribution >= 4 is 101 Å². The number of carboxylic acids is 1. The van der Waals surface area contributed by atoms with Crippen molar-refractivity contribution in [2.45, 2.75) is 140 Å².